The molecule has 226 valence electrons. The van der Waals surface area contributed by atoms with Gasteiger partial charge >= 0.3 is 5.97 Å². The summed E-state index contributed by atoms with van der Waals surface area (Å²) >= 11 is 0. The molecule has 0 aromatic carbocycles. The molecule has 11 nitrogen and oxygen atoms in total. The summed E-state index contributed by atoms with van der Waals surface area (Å²) in [5.74, 6) is -0.349. The predicted octanol–water partition coefficient (Wildman–Crippen LogP) is -1.58. The number of carbonyl (C=O) groups is 1. The van der Waals surface area contributed by atoms with Crippen LogP contribution in [0.1, 0.15) is 32.6 Å². The topological polar surface area (TPSA) is 139 Å². The second-order valence-electron chi connectivity index (χ2n) is 11.4. The molecule has 11 heteroatoms. The van der Waals surface area contributed by atoms with Crippen LogP contribution in [0, 0.1) is 5.41 Å². The van der Waals surface area contributed by atoms with Gasteiger partial charge in [0.1, 0.15) is 6.61 Å². The van der Waals surface area contributed by atoms with Crippen molar-refractivity contribution in [3.63, 3.8) is 0 Å². The third-order valence-electron chi connectivity index (χ3n) is 8.77. The van der Waals surface area contributed by atoms with Gasteiger partial charge in [-0.2, -0.15) is 0 Å². The van der Waals surface area contributed by atoms with Gasteiger partial charge in [-0.05, 0) is 31.3 Å². The molecule has 0 aliphatic carbocycles. The average Bonchev–Trinajstić information content (AvgIpc) is 3.00. The van der Waals surface area contributed by atoms with Crippen molar-refractivity contribution < 1.29 is 19.7 Å². The summed E-state index contributed by atoms with van der Waals surface area (Å²) in [4.78, 5) is 21.0. The number of rotatable bonds is 16. The molecule has 3 rings (SSSR count). The molecule has 3 heterocycles. The Labute approximate surface area is 235 Å². The molecule has 0 bridgehead atoms. The second kappa shape index (κ2) is 17.6. The van der Waals surface area contributed by atoms with E-state index in [-0.39, 0.29) is 31.8 Å². The van der Waals surface area contributed by atoms with E-state index >= 15 is 0 Å². The van der Waals surface area contributed by atoms with E-state index in [4.69, 9.17) is 10.5 Å². The number of ether oxygens (including phenoxy) is 1. The molecule has 1 unspecified atom stereocenters. The molecule has 0 spiro atoms. The van der Waals surface area contributed by atoms with Crippen molar-refractivity contribution in [2.45, 2.75) is 38.6 Å². The Hall–Kier alpha value is -1.15. The molecule has 7 N–H and O–H groups in total. The fourth-order valence-electron chi connectivity index (χ4n) is 5.58. The zero-order valence-electron chi connectivity index (χ0n) is 24.3. The summed E-state index contributed by atoms with van der Waals surface area (Å²) in [6.45, 7) is 15.8. The lowest BCUT2D eigenvalue weighted by molar-refractivity contribution is -0.145. The number of esters is 1. The molecule has 3 saturated heterocycles. The van der Waals surface area contributed by atoms with Crippen molar-refractivity contribution in [2.75, 3.05) is 118 Å². The molecule has 3 fully saturated rings. The van der Waals surface area contributed by atoms with Crippen LogP contribution in [0.2, 0.25) is 0 Å². The van der Waals surface area contributed by atoms with E-state index < -0.39 is 5.41 Å². The van der Waals surface area contributed by atoms with Crippen LogP contribution in [0.3, 0.4) is 0 Å². The van der Waals surface area contributed by atoms with E-state index in [2.05, 4.69) is 30.7 Å². The standard InChI is InChI=1S/C28H55N7O4/c1-2-28(21-36,22-37)23-39-27(38)25(4-13-34-17-8-31-9-18-34)24(3-12-33-15-6-30-7-16-33)26(29)5-14-35-19-10-32-11-20-35/h26,30-32,36-37H,2-23,29H2,1H3. The first-order valence-corrected chi connectivity index (χ1v) is 15.2. The largest absolute Gasteiger partial charge is 0.462 e. The van der Waals surface area contributed by atoms with Gasteiger partial charge < -0.3 is 51.3 Å². The Morgan fingerprint density at radius 3 is 1.74 bits per heavy atom. The normalized spacial score (nSPS) is 21.9. The molecule has 0 radical (unpaired) electrons. The van der Waals surface area contributed by atoms with Gasteiger partial charge in [0.25, 0.3) is 0 Å². The van der Waals surface area contributed by atoms with Crippen LogP contribution in [-0.4, -0.2) is 155 Å². The Morgan fingerprint density at radius 1 is 0.821 bits per heavy atom. The lowest BCUT2D eigenvalue weighted by Gasteiger charge is -2.32. The van der Waals surface area contributed by atoms with Crippen LogP contribution in [0.5, 0.6) is 0 Å². The fraction of sp³-hybridized carbons (Fsp3) is 0.893. The van der Waals surface area contributed by atoms with Gasteiger partial charge in [0.2, 0.25) is 0 Å². The number of hydrogen-bond donors (Lipinski definition) is 6. The van der Waals surface area contributed by atoms with E-state index in [1.54, 1.807) is 0 Å². The molecule has 1 atom stereocenters. The van der Waals surface area contributed by atoms with Crippen molar-refractivity contribution in [1.82, 2.24) is 30.7 Å². The van der Waals surface area contributed by atoms with Gasteiger partial charge in [0.15, 0.2) is 0 Å². The van der Waals surface area contributed by atoms with Crippen molar-refractivity contribution in [3.8, 4) is 0 Å². The van der Waals surface area contributed by atoms with Crippen molar-refractivity contribution in [1.29, 1.82) is 0 Å². The van der Waals surface area contributed by atoms with Crippen LogP contribution in [0.15, 0.2) is 11.1 Å². The molecule has 0 saturated carbocycles. The van der Waals surface area contributed by atoms with Crippen molar-refractivity contribution in [2.24, 2.45) is 11.1 Å². The highest BCUT2D eigenvalue weighted by molar-refractivity contribution is 5.89. The highest BCUT2D eigenvalue weighted by atomic mass is 16.5. The minimum absolute atomic E-state index is 0.00639. The average molecular weight is 554 g/mol. The highest BCUT2D eigenvalue weighted by Crippen LogP contribution is 2.25. The van der Waals surface area contributed by atoms with Gasteiger partial charge in [0.05, 0.1) is 18.6 Å². The van der Waals surface area contributed by atoms with Crippen LogP contribution in [0.4, 0.5) is 0 Å². The number of aliphatic hydroxyl groups is 2. The molecular formula is C28H55N7O4. The Morgan fingerprint density at radius 2 is 1.28 bits per heavy atom. The first-order valence-electron chi connectivity index (χ1n) is 15.2. The Kier molecular flexibility index (Phi) is 14.6. The minimum atomic E-state index is -0.829. The van der Waals surface area contributed by atoms with Crippen LogP contribution >= 0.6 is 0 Å². The number of piperazine rings is 3. The van der Waals surface area contributed by atoms with Crippen molar-refractivity contribution in [3.05, 3.63) is 11.1 Å². The maximum atomic E-state index is 13.7. The molecule has 0 aromatic heterocycles. The molecule has 39 heavy (non-hydrogen) atoms. The monoisotopic (exact) mass is 553 g/mol. The number of aliphatic hydroxyl groups excluding tert-OH is 2. The minimum Gasteiger partial charge on any atom is -0.462 e. The molecule has 0 aromatic rings. The zero-order valence-corrected chi connectivity index (χ0v) is 24.3. The molecule has 3 aliphatic rings. The van der Waals surface area contributed by atoms with Crippen LogP contribution < -0.4 is 21.7 Å². The second-order valence-corrected chi connectivity index (χ2v) is 11.4. The van der Waals surface area contributed by atoms with Gasteiger partial charge in [-0.15, -0.1) is 0 Å². The van der Waals surface area contributed by atoms with Crippen LogP contribution in [-0.2, 0) is 9.53 Å². The number of carbonyl (C=O) groups excluding carboxylic acids is 1. The Balaban J connectivity index is 1.80. The van der Waals surface area contributed by atoms with E-state index in [0.29, 0.717) is 18.4 Å². The smallest absolute Gasteiger partial charge is 0.334 e. The summed E-state index contributed by atoms with van der Waals surface area (Å²) in [7, 11) is 0. The first-order chi connectivity index (χ1) is 19.0. The third-order valence-corrected chi connectivity index (χ3v) is 8.77. The predicted molar refractivity (Wildman–Crippen MR) is 155 cm³/mol. The molecule has 3 aliphatic heterocycles. The van der Waals surface area contributed by atoms with Crippen molar-refractivity contribution >= 4 is 5.97 Å². The fourth-order valence-corrected chi connectivity index (χ4v) is 5.58. The van der Waals surface area contributed by atoms with E-state index in [1.807, 2.05) is 6.92 Å². The maximum absolute atomic E-state index is 13.7. The van der Waals surface area contributed by atoms with Gasteiger partial charge in [0, 0.05) is 110 Å². The summed E-state index contributed by atoms with van der Waals surface area (Å²) in [5, 5.41) is 30.0. The summed E-state index contributed by atoms with van der Waals surface area (Å²) in [6, 6.07) is -0.222. The summed E-state index contributed by atoms with van der Waals surface area (Å²) in [6.07, 6.45) is 2.66. The van der Waals surface area contributed by atoms with Gasteiger partial charge in [-0.3, -0.25) is 0 Å². The number of nitrogens with two attached hydrogens (primary N) is 1. The van der Waals surface area contributed by atoms with Gasteiger partial charge in [-0.25, -0.2) is 4.79 Å². The number of nitrogens with zero attached hydrogens (tertiary/aromatic N) is 3. The summed E-state index contributed by atoms with van der Waals surface area (Å²) in [5.41, 5.74) is 7.79. The first kappa shape index (κ1) is 32.4. The zero-order chi connectivity index (χ0) is 27.9. The molecule has 0 amide bonds. The SMILES string of the molecule is CCC(CO)(CO)COC(=O)C(CCN1CCNCC1)=C(CCN1CCNCC1)C(N)CCN1CCNCC1. The lowest BCUT2D eigenvalue weighted by Crippen LogP contribution is -2.46. The highest BCUT2D eigenvalue weighted by Gasteiger charge is 2.31. The number of hydrogen-bond acceptors (Lipinski definition) is 11. The quantitative estimate of drug-likeness (QED) is 0.0975. The van der Waals surface area contributed by atoms with Crippen LogP contribution in [0.25, 0.3) is 0 Å². The lowest BCUT2D eigenvalue weighted by atomic mass is 9.88. The van der Waals surface area contributed by atoms with E-state index in [9.17, 15) is 15.0 Å². The van der Waals surface area contributed by atoms with Gasteiger partial charge in [-0.1, -0.05) is 6.92 Å². The van der Waals surface area contributed by atoms with E-state index in [1.165, 1.54) is 0 Å². The number of nitrogens with one attached hydrogen (secondary N) is 3. The maximum Gasteiger partial charge on any atom is 0.334 e. The molecular weight excluding hydrogens is 498 g/mol. The third kappa shape index (κ3) is 10.6. The Bertz CT molecular complexity index is 723. The van der Waals surface area contributed by atoms with E-state index in [0.717, 1.165) is 117 Å². The summed E-state index contributed by atoms with van der Waals surface area (Å²) < 4.78 is 5.85.